The van der Waals surface area contributed by atoms with Crippen LogP contribution in [0.3, 0.4) is 0 Å². The Balaban J connectivity index is 1.87. The van der Waals surface area contributed by atoms with Crippen molar-refractivity contribution in [2.75, 3.05) is 0 Å². The smallest absolute Gasteiger partial charge is 0.102 e. The Morgan fingerprint density at radius 1 is 1.62 bits per heavy atom. The van der Waals surface area contributed by atoms with E-state index in [4.69, 9.17) is 10.5 Å². The summed E-state index contributed by atoms with van der Waals surface area (Å²) in [5.41, 5.74) is 8.93. The van der Waals surface area contributed by atoms with E-state index in [1.807, 2.05) is 6.33 Å². The average Bonchev–Trinajstić information content (AvgIpc) is 2.97. The van der Waals surface area contributed by atoms with Gasteiger partial charge in [0.1, 0.15) is 6.10 Å². The second-order valence-corrected chi connectivity index (χ2v) is 4.63. The Morgan fingerprint density at radius 3 is 3.31 bits per heavy atom. The van der Waals surface area contributed by atoms with Crippen molar-refractivity contribution in [2.24, 2.45) is 5.73 Å². The van der Waals surface area contributed by atoms with E-state index in [1.165, 1.54) is 5.56 Å². The Kier molecular flexibility index (Phi) is 2.51. The van der Waals surface area contributed by atoms with Gasteiger partial charge in [-0.05, 0) is 22.4 Å². The second kappa shape index (κ2) is 4.01. The van der Waals surface area contributed by atoms with Crippen LogP contribution in [0, 0.1) is 0 Å². The third-order valence-corrected chi connectivity index (χ3v) is 3.63. The largest absolute Gasteiger partial charge is 0.365 e. The molecule has 3 heterocycles. The number of rotatable bonds is 2. The first-order chi connectivity index (χ1) is 7.88. The van der Waals surface area contributed by atoms with E-state index in [0.29, 0.717) is 13.2 Å². The molecule has 2 aromatic heterocycles. The van der Waals surface area contributed by atoms with Crippen LogP contribution in [0.25, 0.3) is 0 Å². The van der Waals surface area contributed by atoms with Crippen LogP contribution in [0.2, 0.25) is 0 Å². The summed E-state index contributed by atoms with van der Waals surface area (Å²) in [5, 5.41) is 4.21. The molecule has 0 bridgehead atoms. The predicted molar refractivity (Wildman–Crippen MR) is 62.0 cm³/mol. The molecule has 16 heavy (non-hydrogen) atoms. The van der Waals surface area contributed by atoms with Crippen LogP contribution in [-0.2, 0) is 24.4 Å². The fourth-order valence-electron chi connectivity index (χ4n) is 2.01. The summed E-state index contributed by atoms with van der Waals surface area (Å²) in [7, 11) is 0. The number of hydrogen-bond donors (Lipinski definition) is 1. The van der Waals surface area contributed by atoms with Crippen molar-refractivity contribution in [3.05, 3.63) is 40.1 Å². The van der Waals surface area contributed by atoms with E-state index < -0.39 is 0 Å². The van der Waals surface area contributed by atoms with Crippen LogP contribution in [0.4, 0.5) is 0 Å². The van der Waals surface area contributed by atoms with Crippen LogP contribution in [0.15, 0.2) is 23.2 Å². The lowest BCUT2D eigenvalue weighted by atomic mass is 10.1. The third kappa shape index (κ3) is 1.57. The van der Waals surface area contributed by atoms with E-state index in [2.05, 4.69) is 26.4 Å². The number of nitrogens with two attached hydrogens (primary N) is 1. The first-order valence-corrected chi connectivity index (χ1v) is 6.19. The number of ether oxygens (including phenoxy) is 1. The Labute approximate surface area is 97.7 Å². The van der Waals surface area contributed by atoms with Gasteiger partial charge in [0.25, 0.3) is 0 Å². The summed E-state index contributed by atoms with van der Waals surface area (Å²) in [6, 6.07) is 2.11. The van der Waals surface area contributed by atoms with Crippen LogP contribution in [-0.4, -0.2) is 9.55 Å². The zero-order chi connectivity index (χ0) is 11.0. The van der Waals surface area contributed by atoms with Gasteiger partial charge in [0.2, 0.25) is 0 Å². The maximum absolute atomic E-state index is 5.84. The van der Waals surface area contributed by atoms with E-state index in [-0.39, 0.29) is 6.10 Å². The number of hydrogen-bond acceptors (Lipinski definition) is 4. The normalized spacial score (nSPS) is 19.7. The molecule has 5 heteroatoms. The van der Waals surface area contributed by atoms with Crippen molar-refractivity contribution < 1.29 is 4.74 Å². The van der Waals surface area contributed by atoms with Crippen molar-refractivity contribution >= 4 is 11.3 Å². The zero-order valence-corrected chi connectivity index (χ0v) is 9.61. The van der Waals surface area contributed by atoms with Crippen LogP contribution >= 0.6 is 11.3 Å². The van der Waals surface area contributed by atoms with Crippen molar-refractivity contribution in [1.29, 1.82) is 0 Å². The lowest BCUT2D eigenvalue weighted by Crippen LogP contribution is -2.21. The first-order valence-electron chi connectivity index (χ1n) is 5.25. The van der Waals surface area contributed by atoms with Crippen molar-refractivity contribution in [1.82, 2.24) is 9.55 Å². The zero-order valence-electron chi connectivity index (χ0n) is 8.80. The molecule has 0 fully saturated rings. The van der Waals surface area contributed by atoms with Gasteiger partial charge < -0.3 is 15.0 Å². The van der Waals surface area contributed by atoms with E-state index in [0.717, 1.165) is 17.9 Å². The van der Waals surface area contributed by atoms with Crippen LogP contribution in [0.5, 0.6) is 0 Å². The fourth-order valence-corrected chi connectivity index (χ4v) is 2.72. The van der Waals surface area contributed by atoms with E-state index in [1.54, 1.807) is 11.3 Å². The molecule has 1 atom stereocenters. The topological polar surface area (TPSA) is 53.1 Å². The highest BCUT2D eigenvalue weighted by molar-refractivity contribution is 7.07. The highest BCUT2D eigenvalue weighted by Gasteiger charge is 2.22. The standard InChI is InChI=1S/C11H13N3OS/c12-3-9-10-5-15-11(4-14(10)7-13-9)8-1-2-16-6-8/h1-2,6-7,11H,3-5,12H2/t11-/m1/s1. The first kappa shape index (κ1) is 10.0. The third-order valence-electron chi connectivity index (χ3n) is 2.92. The maximum Gasteiger partial charge on any atom is 0.102 e. The molecule has 0 radical (unpaired) electrons. The molecule has 2 N–H and O–H groups in total. The minimum absolute atomic E-state index is 0.151. The van der Waals surface area contributed by atoms with Crippen LogP contribution in [0.1, 0.15) is 23.1 Å². The molecule has 0 saturated carbocycles. The Morgan fingerprint density at radius 2 is 2.56 bits per heavy atom. The lowest BCUT2D eigenvalue weighted by molar-refractivity contribution is 0.00282. The van der Waals surface area contributed by atoms with Crippen LogP contribution < -0.4 is 5.73 Å². The minimum Gasteiger partial charge on any atom is -0.365 e. The Hall–Kier alpha value is -1.17. The quantitative estimate of drug-likeness (QED) is 0.861. The van der Waals surface area contributed by atoms with Gasteiger partial charge in [-0.15, -0.1) is 0 Å². The minimum atomic E-state index is 0.151. The summed E-state index contributed by atoms with van der Waals surface area (Å²) >= 11 is 1.70. The molecule has 1 aliphatic heterocycles. The highest BCUT2D eigenvalue weighted by atomic mass is 32.1. The predicted octanol–water partition coefficient (Wildman–Crippen LogP) is 1.67. The number of thiophene rings is 1. The highest BCUT2D eigenvalue weighted by Crippen LogP contribution is 2.28. The number of nitrogens with zero attached hydrogens (tertiary/aromatic N) is 2. The molecule has 0 aliphatic carbocycles. The van der Waals surface area contributed by atoms with Gasteiger partial charge in [-0.1, -0.05) is 0 Å². The van der Waals surface area contributed by atoms with Crippen molar-refractivity contribution in [3.63, 3.8) is 0 Å². The van der Waals surface area contributed by atoms with Gasteiger partial charge in [0.05, 0.1) is 30.9 Å². The van der Waals surface area contributed by atoms with Gasteiger partial charge in [-0.3, -0.25) is 0 Å². The molecule has 4 nitrogen and oxygen atoms in total. The number of imidazole rings is 1. The van der Waals surface area contributed by atoms with Crippen molar-refractivity contribution in [3.8, 4) is 0 Å². The maximum atomic E-state index is 5.84. The molecule has 0 saturated heterocycles. The molecule has 0 unspecified atom stereocenters. The molecule has 2 aromatic rings. The van der Waals surface area contributed by atoms with Gasteiger partial charge in [0.15, 0.2) is 0 Å². The number of fused-ring (bicyclic) bond motifs is 1. The summed E-state index contributed by atoms with van der Waals surface area (Å²) in [6.07, 6.45) is 2.01. The SMILES string of the molecule is NCc1ncn2c1CO[C@@H](c1ccsc1)C2. The molecule has 3 rings (SSSR count). The van der Waals surface area contributed by atoms with Gasteiger partial charge in [-0.25, -0.2) is 4.98 Å². The van der Waals surface area contributed by atoms with Gasteiger partial charge >= 0.3 is 0 Å². The molecular weight excluding hydrogens is 222 g/mol. The van der Waals surface area contributed by atoms with Crippen molar-refractivity contribution in [2.45, 2.75) is 25.8 Å². The van der Waals surface area contributed by atoms with E-state index >= 15 is 0 Å². The molecular formula is C11H13N3OS. The summed E-state index contributed by atoms with van der Waals surface area (Å²) in [4.78, 5) is 4.29. The molecule has 84 valence electrons. The summed E-state index contributed by atoms with van der Waals surface area (Å²) in [5.74, 6) is 0. The lowest BCUT2D eigenvalue weighted by Gasteiger charge is -2.24. The monoisotopic (exact) mass is 235 g/mol. The fraction of sp³-hybridized carbons (Fsp3) is 0.364. The Bertz CT molecular complexity index is 477. The molecule has 0 aromatic carbocycles. The number of aromatic nitrogens is 2. The van der Waals surface area contributed by atoms with E-state index in [9.17, 15) is 0 Å². The summed E-state index contributed by atoms with van der Waals surface area (Å²) < 4.78 is 7.99. The molecule has 1 aliphatic rings. The summed E-state index contributed by atoms with van der Waals surface area (Å²) in [6.45, 7) is 1.92. The molecule has 0 spiro atoms. The average molecular weight is 235 g/mol. The van der Waals surface area contributed by atoms with Gasteiger partial charge in [0, 0.05) is 6.54 Å². The molecule has 0 amide bonds. The van der Waals surface area contributed by atoms with Gasteiger partial charge in [-0.2, -0.15) is 11.3 Å². The second-order valence-electron chi connectivity index (χ2n) is 3.85.